The molecule has 3 nitrogen and oxygen atoms in total. The monoisotopic (exact) mass is 236 g/mol. The van der Waals surface area contributed by atoms with Crippen LogP contribution in [0, 0.1) is 5.92 Å². The van der Waals surface area contributed by atoms with Crippen molar-refractivity contribution >= 4 is 0 Å². The summed E-state index contributed by atoms with van der Waals surface area (Å²) in [5, 5.41) is 8.83. The van der Waals surface area contributed by atoms with Gasteiger partial charge in [-0.2, -0.15) is 0 Å². The first-order valence-corrected chi connectivity index (χ1v) is 6.00. The van der Waals surface area contributed by atoms with Gasteiger partial charge in [-0.3, -0.25) is 4.90 Å². The average molecular weight is 236 g/mol. The minimum Gasteiger partial charge on any atom is -0.395 e. The van der Waals surface area contributed by atoms with Crippen molar-refractivity contribution in [3.63, 3.8) is 0 Å². The van der Waals surface area contributed by atoms with Crippen LogP contribution in [-0.2, 0) is 0 Å². The maximum atomic E-state index is 12.3. The summed E-state index contributed by atoms with van der Waals surface area (Å²) in [6, 6.07) is 0.132. The van der Waals surface area contributed by atoms with Crippen LogP contribution in [0.25, 0.3) is 0 Å². The summed E-state index contributed by atoms with van der Waals surface area (Å²) in [4.78, 5) is 1.63. The van der Waals surface area contributed by atoms with Crippen LogP contribution in [0.4, 0.5) is 8.78 Å². The van der Waals surface area contributed by atoms with Crippen molar-refractivity contribution in [2.75, 3.05) is 26.2 Å². The average Bonchev–Trinajstić information content (AvgIpc) is 2.21. The van der Waals surface area contributed by atoms with Crippen molar-refractivity contribution in [1.82, 2.24) is 4.90 Å². The standard InChI is InChI=1S/C11H22F2N2O/c12-11(13)8-15(5-6-16)7-9-3-1-2-4-10(9)14/h9-11,16H,1-8,14H2. The quantitative estimate of drug-likeness (QED) is 0.725. The SMILES string of the molecule is NC1CCCCC1CN(CCO)CC(F)F. The summed E-state index contributed by atoms with van der Waals surface area (Å²) in [6.07, 6.45) is 1.96. The lowest BCUT2D eigenvalue weighted by molar-refractivity contribution is 0.0632. The zero-order valence-corrected chi connectivity index (χ0v) is 9.62. The van der Waals surface area contributed by atoms with E-state index in [0.29, 0.717) is 19.0 Å². The maximum Gasteiger partial charge on any atom is 0.251 e. The lowest BCUT2D eigenvalue weighted by atomic mass is 9.85. The number of halogens is 2. The molecule has 3 N–H and O–H groups in total. The fourth-order valence-corrected chi connectivity index (χ4v) is 2.39. The van der Waals surface area contributed by atoms with E-state index in [1.54, 1.807) is 4.90 Å². The Bertz CT molecular complexity index is 193. The maximum absolute atomic E-state index is 12.3. The topological polar surface area (TPSA) is 49.5 Å². The van der Waals surface area contributed by atoms with Gasteiger partial charge in [0.2, 0.25) is 0 Å². The number of hydrogen-bond acceptors (Lipinski definition) is 3. The smallest absolute Gasteiger partial charge is 0.251 e. The van der Waals surface area contributed by atoms with Gasteiger partial charge in [-0.15, -0.1) is 0 Å². The molecular formula is C11H22F2N2O. The number of alkyl halides is 2. The molecule has 5 heteroatoms. The second-order valence-electron chi connectivity index (χ2n) is 4.58. The predicted octanol–water partition coefficient (Wildman–Crippen LogP) is 1.06. The van der Waals surface area contributed by atoms with E-state index in [2.05, 4.69) is 0 Å². The van der Waals surface area contributed by atoms with Gasteiger partial charge in [0.25, 0.3) is 6.43 Å². The third-order valence-corrected chi connectivity index (χ3v) is 3.27. The number of nitrogens with zero attached hydrogens (tertiary/aromatic N) is 1. The number of aliphatic hydroxyl groups is 1. The van der Waals surface area contributed by atoms with Gasteiger partial charge < -0.3 is 10.8 Å². The van der Waals surface area contributed by atoms with Crippen molar-refractivity contribution in [3.05, 3.63) is 0 Å². The summed E-state index contributed by atoms with van der Waals surface area (Å²) in [6.45, 7) is 0.568. The Balaban J connectivity index is 2.39. The van der Waals surface area contributed by atoms with Crippen LogP contribution in [0.3, 0.4) is 0 Å². The highest BCUT2D eigenvalue weighted by Crippen LogP contribution is 2.23. The van der Waals surface area contributed by atoms with E-state index in [-0.39, 0.29) is 19.2 Å². The zero-order chi connectivity index (χ0) is 12.0. The molecule has 0 heterocycles. The molecule has 1 aliphatic rings. The Morgan fingerprint density at radius 3 is 2.56 bits per heavy atom. The molecule has 2 unspecified atom stereocenters. The highest BCUT2D eigenvalue weighted by Gasteiger charge is 2.24. The second kappa shape index (κ2) is 7.14. The molecule has 0 amide bonds. The minimum absolute atomic E-state index is 0.0747. The van der Waals surface area contributed by atoms with Crippen LogP contribution in [0.5, 0.6) is 0 Å². The molecule has 0 bridgehead atoms. The molecule has 1 saturated carbocycles. The van der Waals surface area contributed by atoms with Gasteiger partial charge in [-0.25, -0.2) is 8.78 Å². The Labute approximate surface area is 95.6 Å². The molecular weight excluding hydrogens is 214 g/mol. The molecule has 0 aliphatic heterocycles. The van der Waals surface area contributed by atoms with Crippen LogP contribution in [-0.4, -0.2) is 48.7 Å². The summed E-state index contributed by atoms with van der Waals surface area (Å²) in [5.41, 5.74) is 5.98. The van der Waals surface area contributed by atoms with Crippen molar-refractivity contribution < 1.29 is 13.9 Å². The Kier molecular flexibility index (Phi) is 6.16. The summed E-state index contributed by atoms with van der Waals surface area (Å²) < 4.78 is 24.6. The molecule has 2 atom stereocenters. The van der Waals surface area contributed by atoms with Crippen molar-refractivity contribution in [2.45, 2.75) is 38.2 Å². The number of hydrogen-bond donors (Lipinski definition) is 2. The van der Waals surface area contributed by atoms with Crippen LogP contribution in [0.15, 0.2) is 0 Å². The summed E-state index contributed by atoms with van der Waals surface area (Å²) in [5.74, 6) is 0.305. The van der Waals surface area contributed by atoms with Crippen molar-refractivity contribution in [2.24, 2.45) is 11.7 Å². The molecule has 0 aromatic heterocycles. The fraction of sp³-hybridized carbons (Fsp3) is 1.00. The molecule has 0 saturated heterocycles. The number of rotatable bonds is 6. The van der Waals surface area contributed by atoms with E-state index in [1.807, 2.05) is 0 Å². The van der Waals surface area contributed by atoms with E-state index >= 15 is 0 Å². The molecule has 1 fully saturated rings. The molecule has 1 rings (SSSR count). The summed E-state index contributed by atoms with van der Waals surface area (Å²) in [7, 11) is 0. The molecule has 16 heavy (non-hydrogen) atoms. The molecule has 0 aromatic rings. The molecule has 96 valence electrons. The zero-order valence-electron chi connectivity index (χ0n) is 9.62. The lowest BCUT2D eigenvalue weighted by Crippen LogP contribution is -2.43. The summed E-state index contributed by atoms with van der Waals surface area (Å²) >= 11 is 0. The fourth-order valence-electron chi connectivity index (χ4n) is 2.39. The Morgan fingerprint density at radius 2 is 2.00 bits per heavy atom. The van der Waals surface area contributed by atoms with Gasteiger partial charge in [0.05, 0.1) is 13.2 Å². The van der Waals surface area contributed by atoms with Gasteiger partial charge in [-0.05, 0) is 18.8 Å². The second-order valence-corrected chi connectivity index (χ2v) is 4.58. The van der Waals surface area contributed by atoms with E-state index < -0.39 is 6.43 Å². The normalized spacial score (nSPS) is 26.6. The van der Waals surface area contributed by atoms with Crippen molar-refractivity contribution in [3.8, 4) is 0 Å². The number of aliphatic hydroxyl groups excluding tert-OH is 1. The lowest BCUT2D eigenvalue weighted by Gasteiger charge is -2.33. The van der Waals surface area contributed by atoms with Crippen molar-refractivity contribution in [1.29, 1.82) is 0 Å². The van der Waals surface area contributed by atoms with Gasteiger partial charge in [0.1, 0.15) is 0 Å². The molecule has 0 aromatic carbocycles. The molecule has 1 aliphatic carbocycles. The number of nitrogens with two attached hydrogens (primary N) is 1. The Hall–Kier alpha value is -0.260. The van der Waals surface area contributed by atoms with Gasteiger partial charge in [-0.1, -0.05) is 12.8 Å². The van der Waals surface area contributed by atoms with Gasteiger partial charge in [0.15, 0.2) is 0 Å². The molecule has 0 spiro atoms. The third-order valence-electron chi connectivity index (χ3n) is 3.27. The van der Waals surface area contributed by atoms with E-state index in [1.165, 1.54) is 0 Å². The van der Waals surface area contributed by atoms with Gasteiger partial charge in [0, 0.05) is 19.1 Å². The first kappa shape index (κ1) is 13.8. The van der Waals surface area contributed by atoms with E-state index in [9.17, 15) is 8.78 Å². The van der Waals surface area contributed by atoms with Gasteiger partial charge >= 0.3 is 0 Å². The first-order chi connectivity index (χ1) is 7.63. The third kappa shape index (κ3) is 4.72. The van der Waals surface area contributed by atoms with Crippen LogP contribution >= 0.6 is 0 Å². The highest BCUT2D eigenvalue weighted by atomic mass is 19.3. The van der Waals surface area contributed by atoms with E-state index in [4.69, 9.17) is 10.8 Å². The molecule has 0 radical (unpaired) electrons. The van der Waals surface area contributed by atoms with Crippen LogP contribution in [0.2, 0.25) is 0 Å². The minimum atomic E-state index is -2.34. The Morgan fingerprint density at radius 1 is 1.31 bits per heavy atom. The van der Waals surface area contributed by atoms with E-state index in [0.717, 1.165) is 25.7 Å². The predicted molar refractivity (Wildman–Crippen MR) is 59.5 cm³/mol. The van der Waals surface area contributed by atoms with Crippen LogP contribution < -0.4 is 5.73 Å². The first-order valence-electron chi connectivity index (χ1n) is 6.00. The highest BCUT2D eigenvalue weighted by molar-refractivity contribution is 4.80. The largest absolute Gasteiger partial charge is 0.395 e. The van der Waals surface area contributed by atoms with Crippen LogP contribution in [0.1, 0.15) is 25.7 Å².